The van der Waals surface area contributed by atoms with E-state index in [4.69, 9.17) is 38.4 Å². The van der Waals surface area contributed by atoms with Crippen molar-refractivity contribution in [2.24, 2.45) is 5.73 Å². The standard InChI is InChI=1S/C31H30Cl2N4O4.ClH/c1-18-23(32)9-6-10-25(18)37-26-16-20(15-22(29(34)38)28(26)36-27(37)17-40-5)35-30(39)21-14-19(11-12-24(21)33)8-7-13-41-31(2,3)4;/h6,9-12,14-16H,13,17H2,1-5H3,(H2,34,38)(H,35,39);1H. The van der Waals surface area contributed by atoms with Crippen LogP contribution in [0.2, 0.25) is 10.0 Å². The molecule has 2 amide bonds. The van der Waals surface area contributed by atoms with Crippen molar-refractivity contribution in [3.63, 3.8) is 0 Å². The lowest BCUT2D eigenvalue weighted by molar-refractivity contribution is 0.0181. The summed E-state index contributed by atoms with van der Waals surface area (Å²) in [5.74, 6) is 5.29. The van der Waals surface area contributed by atoms with E-state index < -0.39 is 11.8 Å². The fourth-order valence-corrected chi connectivity index (χ4v) is 4.56. The lowest BCUT2D eigenvalue weighted by Gasteiger charge is -2.16. The number of aromatic nitrogens is 2. The van der Waals surface area contributed by atoms with Gasteiger partial charge >= 0.3 is 0 Å². The van der Waals surface area contributed by atoms with Crippen LogP contribution >= 0.6 is 35.6 Å². The molecule has 0 bridgehead atoms. The number of nitrogens with one attached hydrogen (secondary N) is 1. The number of nitrogens with zero attached hydrogens (tertiary/aromatic N) is 2. The molecule has 8 nitrogen and oxygen atoms in total. The summed E-state index contributed by atoms with van der Waals surface area (Å²) in [7, 11) is 1.55. The van der Waals surface area contributed by atoms with Gasteiger partial charge in [0, 0.05) is 23.4 Å². The Bertz CT molecular complexity index is 1720. The van der Waals surface area contributed by atoms with Crippen molar-refractivity contribution < 1.29 is 19.1 Å². The highest BCUT2D eigenvalue weighted by Gasteiger charge is 2.22. The van der Waals surface area contributed by atoms with Gasteiger partial charge in [-0.05, 0) is 75.7 Å². The number of carbonyl (C=O) groups excluding carboxylic acids is 2. The Hall–Kier alpha value is -3.58. The summed E-state index contributed by atoms with van der Waals surface area (Å²) in [5.41, 5.74) is 9.18. The lowest BCUT2D eigenvalue weighted by atomic mass is 10.1. The van der Waals surface area contributed by atoms with Gasteiger partial charge in [0.25, 0.3) is 11.8 Å². The Morgan fingerprint density at radius 1 is 1.07 bits per heavy atom. The number of ether oxygens (including phenoxy) is 2. The number of halogens is 3. The first kappa shape index (κ1) is 32.9. The molecule has 220 valence electrons. The first-order chi connectivity index (χ1) is 19.4. The number of carbonyl (C=O) groups is 2. The molecule has 0 fully saturated rings. The van der Waals surface area contributed by atoms with Crippen LogP contribution < -0.4 is 11.1 Å². The van der Waals surface area contributed by atoms with E-state index in [2.05, 4.69) is 22.1 Å². The second kappa shape index (κ2) is 13.6. The molecule has 4 rings (SSSR count). The van der Waals surface area contributed by atoms with Gasteiger partial charge in [0.15, 0.2) is 0 Å². The third-order valence-electron chi connectivity index (χ3n) is 6.13. The van der Waals surface area contributed by atoms with Crippen molar-refractivity contribution in [2.45, 2.75) is 39.9 Å². The molecule has 0 atom stereocenters. The second-order valence-electron chi connectivity index (χ2n) is 10.3. The van der Waals surface area contributed by atoms with E-state index in [0.29, 0.717) is 33.1 Å². The molecule has 11 heteroatoms. The average molecular weight is 630 g/mol. The van der Waals surface area contributed by atoms with Gasteiger partial charge in [-0.15, -0.1) is 12.4 Å². The van der Waals surface area contributed by atoms with Crippen molar-refractivity contribution in [2.75, 3.05) is 19.0 Å². The van der Waals surface area contributed by atoms with Gasteiger partial charge in [-0.2, -0.15) is 0 Å². The van der Waals surface area contributed by atoms with Gasteiger partial charge in [-0.1, -0.05) is 41.1 Å². The van der Waals surface area contributed by atoms with E-state index in [-0.39, 0.29) is 47.4 Å². The molecule has 0 aliphatic heterocycles. The van der Waals surface area contributed by atoms with Crippen LogP contribution in [0.4, 0.5) is 5.69 Å². The molecule has 3 aromatic carbocycles. The van der Waals surface area contributed by atoms with Crippen molar-refractivity contribution in [3.8, 4) is 17.5 Å². The summed E-state index contributed by atoms with van der Waals surface area (Å²) < 4.78 is 12.9. The van der Waals surface area contributed by atoms with Crippen molar-refractivity contribution in [3.05, 3.63) is 86.7 Å². The number of hydrogen-bond acceptors (Lipinski definition) is 5. The van der Waals surface area contributed by atoms with Gasteiger partial charge in [0.2, 0.25) is 0 Å². The van der Waals surface area contributed by atoms with Crippen LogP contribution in [0.3, 0.4) is 0 Å². The Labute approximate surface area is 260 Å². The predicted molar refractivity (Wildman–Crippen MR) is 169 cm³/mol. The maximum Gasteiger partial charge on any atom is 0.257 e. The van der Waals surface area contributed by atoms with Crippen LogP contribution in [-0.2, 0) is 16.1 Å². The summed E-state index contributed by atoms with van der Waals surface area (Å²) >= 11 is 12.8. The minimum absolute atomic E-state index is 0. The minimum atomic E-state index is -0.699. The highest BCUT2D eigenvalue weighted by atomic mass is 35.5. The van der Waals surface area contributed by atoms with Gasteiger partial charge in [-0.25, -0.2) is 4.98 Å². The maximum atomic E-state index is 13.4. The number of hydrogen-bond donors (Lipinski definition) is 2. The van der Waals surface area contributed by atoms with Crippen LogP contribution in [0.15, 0.2) is 48.5 Å². The molecular weight excluding hydrogens is 599 g/mol. The van der Waals surface area contributed by atoms with Crippen molar-refractivity contribution >= 4 is 64.1 Å². The highest BCUT2D eigenvalue weighted by Crippen LogP contribution is 2.32. The number of fused-ring (bicyclic) bond motifs is 1. The summed E-state index contributed by atoms with van der Waals surface area (Å²) in [6.07, 6.45) is 0. The Morgan fingerprint density at radius 3 is 2.48 bits per heavy atom. The first-order valence-corrected chi connectivity index (χ1v) is 13.5. The van der Waals surface area contributed by atoms with E-state index in [1.54, 1.807) is 37.4 Å². The molecule has 0 aliphatic carbocycles. The van der Waals surface area contributed by atoms with Gasteiger partial charge in [0.05, 0.1) is 33.0 Å². The topological polar surface area (TPSA) is 108 Å². The van der Waals surface area contributed by atoms with Gasteiger partial charge in [0.1, 0.15) is 24.6 Å². The van der Waals surface area contributed by atoms with Crippen LogP contribution in [0, 0.1) is 18.8 Å². The quantitative estimate of drug-likeness (QED) is 0.221. The Morgan fingerprint density at radius 2 is 1.81 bits per heavy atom. The first-order valence-electron chi connectivity index (χ1n) is 12.7. The molecule has 0 spiro atoms. The summed E-state index contributed by atoms with van der Waals surface area (Å²) in [6.45, 7) is 8.12. The zero-order valence-corrected chi connectivity index (χ0v) is 26.1. The fraction of sp³-hybridized carbons (Fsp3) is 0.258. The SMILES string of the molecule is COCc1nc2c(C(N)=O)cc(NC(=O)c3cc(C#CCOC(C)(C)C)ccc3Cl)cc2n1-c1cccc(Cl)c1C.Cl. The van der Waals surface area contributed by atoms with E-state index >= 15 is 0 Å². The number of methoxy groups -OCH3 is 1. The summed E-state index contributed by atoms with van der Waals surface area (Å²) in [5, 5.41) is 3.66. The molecule has 0 saturated heterocycles. The van der Waals surface area contributed by atoms with E-state index in [9.17, 15) is 9.59 Å². The van der Waals surface area contributed by atoms with Crippen molar-refractivity contribution in [1.82, 2.24) is 9.55 Å². The number of benzene rings is 3. The molecule has 42 heavy (non-hydrogen) atoms. The number of nitrogens with two attached hydrogens (primary N) is 1. The largest absolute Gasteiger partial charge is 0.377 e. The summed E-state index contributed by atoms with van der Waals surface area (Å²) in [4.78, 5) is 30.5. The Kier molecular flexibility index (Phi) is 10.7. The zero-order valence-electron chi connectivity index (χ0n) is 23.8. The third-order valence-corrected chi connectivity index (χ3v) is 6.87. The molecule has 0 aliphatic rings. The third kappa shape index (κ3) is 7.43. The van der Waals surface area contributed by atoms with Crippen LogP contribution in [0.1, 0.15) is 58.4 Å². The number of imidazole rings is 1. The monoisotopic (exact) mass is 628 g/mol. The average Bonchev–Trinajstić information content (AvgIpc) is 3.25. The molecular formula is C31H31Cl3N4O4. The van der Waals surface area contributed by atoms with E-state index in [0.717, 1.165) is 11.3 Å². The number of rotatable bonds is 7. The van der Waals surface area contributed by atoms with Crippen LogP contribution in [0.25, 0.3) is 16.7 Å². The maximum absolute atomic E-state index is 13.4. The number of amides is 2. The highest BCUT2D eigenvalue weighted by molar-refractivity contribution is 6.34. The number of primary amides is 1. The molecule has 0 saturated carbocycles. The molecule has 0 radical (unpaired) electrons. The van der Waals surface area contributed by atoms with Gasteiger partial charge in [-0.3, -0.25) is 14.2 Å². The molecule has 4 aromatic rings. The molecule has 0 unspecified atom stereocenters. The minimum Gasteiger partial charge on any atom is -0.377 e. The summed E-state index contributed by atoms with van der Waals surface area (Å²) in [6, 6.07) is 13.6. The molecule has 1 heterocycles. The lowest BCUT2D eigenvalue weighted by Crippen LogP contribution is -2.19. The molecule has 1 aromatic heterocycles. The predicted octanol–water partition coefficient (Wildman–Crippen LogP) is 6.73. The molecule has 3 N–H and O–H groups in total. The zero-order chi connectivity index (χ0) is 29.9. The van der Waals surface area contributed by atoms with E-state index in [1.165, 1.54) is 6.07 Å². The van der Waals surface area contributed by atoms with Crippen LogP contribution in [0.5, 0.6) is 0 Å². The number of anilines is 1. The second-order valence-corrected chi connectivity index (χ2v) is 11.1. The van der Waals surface area contributed by atoms with Crippen LogP contribution in [-0.4, -0.2) is 40.7 Å². The van der Waals surface area contributed by atoms with Gasteiger partial charge < -0.3 is 20.5 Å². The Balaban J connectivity index is 0.00000484. The fourth-order valence-electron chi connectivity index (χ4n) is 4.18. The smallest absolute Gasteiger partial charge is 0.257 e. The normalized spacial score (nSPS) is 11.0. The van der Waals surface area contributed by atoms with E-state index in [1.807, 2.05) is 44.4 Å². The van der Waals surface area contributed by atoms with Crippen molar-refractivity contribution in [1.29, 1.82) is 0 Å².